The third-order valence-corrected chi connectivity index (χ3v) is 2.94. The van der Waals surface area contributed by atoms with E-state index in [1.165, 1.54) is 0 Å². The van der Waals surface area contributed by atoms with Crippen molar-refractivity contribution in [2.75, 3.05) is 26.4 Å². The fraction of sp³-hybridized carbons (Fsp3) is 0.800. The molecule has 0 spiro atoms. The van der Waals surface area contributed by atoms with Crippen molar-refractivity contribution in [2.45, 2.75) is 24.7 Å². The summed E-state index contributed by atoms with van der Waals surface area (Å²) in [7, 11) is 0. The van der Waals surface area contributed by atoms with Crippen molar-refractivity contribution in [2.24, 2.45) is 0 Å². The molecule has 3 atom stereocenters. The summed E-state index contributed by atoms with van der Waals surface area (Å²) in [6, 6.07) is -0.969. The van der Waals surface area contributed by atoms with Gasteiger partial charge in [0.2, 0.25) is 0 Å². The molecule has 0 aromatic carbocycles. The molecule has 1 amide bonds. The number of β-amino-alcohol motifs (C(OH)–C–C–N with tert-alkyl or cyclic N) is 1. The van der Waals surface area contributed by atoms with Crippen molar-refractivity contribution in [1.29, 1.82) is 0 Å². The maximum Gasteiger partial charge on any atom is 0.326 e. The summed E-state index contributed by atoms with van der Waals surface area (Å²) in [5, 5.41) is 18.4. The van der Waals surface area contributed by atoms with Gasteiger partial charge in [-0.25, -0.2) is 4.79 Å². The van der Waals surface area contributed by atoms with Crippen LogP contribution in [0.15, 0.2) is 0 Å². The lowest BCUT2D eigenvalue weighted by atomic mass is 10.2. The highest BCUT2D eigenvalue weighted by Crippen LogP contribution is 2.20. The molecule has 2 rings (SSSR count). The predicted molar refractivity (Wildman–Crippen MR) is 54.3 cm³/mol. The number of hydrogen-bond donors (Lipinski definition) is 2. The van der Waals surface area contributed by atoms with Crippen LogP contribution in [0.2, 0.25) is 0 Å². The van der Waals surface area contributed by atoms with Crippen molar-refractivity contribution >= 4 is 11.9 Å². The molecule has 96 valence electrons. The molecule has 7 heteroatoms. The average molecular weight is 245 g/mol. The predicted octanol–water partition coefficient (Wildman–Crippen LogP) is -1.55. The number of rotatable bonds is 2. The number of carboxylic acid groups (broad SMARTS) is 1. The number of ether oxygens (including phenoxy) is 2. The lowest BCUT2D eigenvalue weighted by molar-refractivity contribution is -0.163. The van der Waals surface area contributed by atoms with Crippen LogP contribution in [0, 0.1) is 0 Å². The molecule has 2 heterocycles. The molecular formula is C10H15NO6. The standard InChI is InChI=1S/C10H15NO6/c12-6-3-7(10(14)15)11(4-6)9(13)8-5-16-1-2-17-8/h6-8,12H,1-5H2,(H,14,15)/t6?,7-,8?/m0/s1. The molecule has 2 aliphatic rings. The van der Waals surface area contributed by atoms with Gasteiger partial charge in [-0.2, -0.15) is 0 Å². The summed E-state index contributed by atoms with van der Waals surface area (Å²) in [5.41, 5.74) is 0. The number of aliphatic hydroxyl groups is 1. The van der Waals surface area contributed by atoms with Crippen LogP contribution in [-0.4, -0.2) is 71.6 Å². The quantitative estimate of drug-likeness (QED) is 0.611. The lowest BCUT2D eigenvalue weighted by Crippen LogP contribution is -2.49. The molecule has 0 saturated carbocycles. The lowest BCUT2D eigenvalue weighted by Gasteiger charge is -2.28. The van der Waals surface area contributed by atoms with Crippen LogP contribution >= 0.6 is 0 Å². The molecular weight excluding hydrogens is 230 g/mol. The van der Waals surface area contributed by atoms with Gasteiger partial charge in [-0.1, -0.05) is 0 Å². The molecule has 0 aliphatic carbocycles. The Morgan fingerprint density at radius 3 is 2.65 bits per heavy atom. The van der Waals surface area contributed by atoms with E-state index in [9.17, 15) is 14.7 Å². The zero-order valence-electron chi connectivity index (χ0n) is 9.24. The minimum Gasteiger partial charge on any atom is -0.480 e. The summed E-state index contributed by atoms with van der Waals surface area (Å²) in [4.78, 5) is 24.1. The Morgan fingerprint density at radius 2 is 2.06 bits per heavy atom. The van der Waals surface area contributed by atoms with Gasteiger partial charge >= 0.3 is 5.97 Å². The Labute approximate surface area is 97.9 Å². The summed E-state index contributed by atoms with van der Waals surface area (Å²) in [6.07, 6.45) is -1.48. The highest BCUT2D eigenvalue weighted by molar-refractivity contribution is 5.87. The fourth-order valence-electron chi connectivity index (χ4n) is 2.11. The van der Waals surface area contributed by atoms with Crippen molar-refractivity contribution in [3.05, 3.63) is 0 Å². The third-order valence-electron chi connectivity index (χ3n) is 2.94. The van der Waals surface area contributed by atoms with E-state index in [-0.39, 0.29) is 19.6 Å². The van der Waals surface area contributed by atoms with E-state index in [2.05, 4.69) is 0 Å². The second-order valence-corrected chi connectivity index (χ2v) is 4.17. The summed E-state index contributed by atoms with van der Waals surface area (Å²) in [6.45, 7) is 0.937. The maximum absolute atomic E-state index is 12.0. The van der Waals surface area contributed by atoms with Crippen LogP contribution in [-0.2, 0) is 19.1 Å². The van der Waals surface area contributed by atoms with Crippen LogP contribution in [0.1, 0.15) is 6.42 Å². The number of aliphatic hydroxyl groups excluding tert-OH is 1. The number of hydrogen-bond acceptors (Lipinski definition) is 5. The third kappa shape index (κ3) is 2.56. The van der Waals surface area contributed by atoms with Crippen LogP contribution in [0.3, 0.4) is 0 Å². The van der Waals surface area contributed by atoms with E-state index in [1.54, 1.807) is 0 Å². The van der Waals surface area contributed by atoms with Gasteiger partial charge in [0.15, 0.2) is 6.10 Å². The SMILES string of the molecule is O=C(O)[C@@H]1CC(O)CN1C(=O)C1COCCO1. The van der Waals surface area contributed by atoms with Gasteiger partial charge in [0, 0.05) is 13.0 Å². The van der Waals surface area contributed by atoms with Crippen molar-refractivity contribution in [3.8, 4) is 0 Å². The zero-order chi connectivity index (χ0) is 12.4. The second kappa shape index (κ2) is 4.99. The molecule has 0 aromatic rings. The first-order valence-electron chi connectivity index (χ1n) is 5.50. The van der Waals surface area contributed by atoms with E-state index in [0.29, 0.717) is 13.2 Å². The normalized spacial score (nSPS) is 33.7. The first-order chi connectivity index (χ1) is 8.09. The minimum absolute atomic E-state index is 0.0374. The van der Waals surface area contributed by atoms with Gasteiger partial charge in [0.05, 0.1) is 25.9 Å². The van der Waals surface area contributed by atoms with Crippen LogP contribution < -0.4 is 0 Å². The molecule has 2 unspecified atom stereocenters. The van der Waals surface area contributed by atoms with Gasteiger partial charge in [-0.3, -0.25) is 4.79 Å². The molecule has 0 radical (unpaired) electrons. The number of carboxylic acids is 1. The number of aliphatic carboxylic acids is 1. The Balaban J connectivity index is 2.04. The highest BCUT2D eigenvalue weighted by Gasteiger charge is 2.41. The molecule has 0 aromatic heterocycles. The molecule has 7 nitrogen and oxygen atoms in total. The topological polar surface area (TPSA) is 96.3 Å². The maximum atomic E-state index is 12.0. The van der Waals surface area contributed by atoms with Crippen LogP contribution in [0.5, 0.6) is 0 Å². The van der Waals surface area contributed by atoms with E-state index in [4.69, 9.17) is 14.6 Å². The van der Waals surface area contributed by atoms with Crippen molar-refractivity contribution < 1.29 is 29.3 Å². The number of nitrogens with zero attached hydrogens (tertiary/aromatic N) is 1. The summed E-state index contributed by atoms with van der Waals surface area (Å²) < 4.78 is 10.3. The molecule has 2 N–H and O–H groups in total. The largest absolute Gasteiger partial charge is 0.480 e. The molecule has 2 aliphatic heterocycles. The van der Waals surface area contributed by atoms with Gasteiger partial charge in [-0.05, 0) is 0 Å². The Morgan fingerprint density at radius 1 is 1.29 bits per heavy atom. The Hall–Kier alpha value is -1.18. The number of carbonyl (C=O) groups excluding carboxylic acids is 1. The smallest absolute Gasteiger partial charge is 0.326 e. The fourth-order valence-corrected chi connectivity index (χ4v) is 2.11. The first kappa shape index (κ1) is 12.3. The van der Waals surface area contributed by atoms with Gasteiger partial charge in [0.1, 0.15) is 6.04 Å². The molecule has 0 bridgehead atoms. The molecule has 2 fully saturated rings. The molecule has 17 heavy (non-hydrogen) atoms. The van der Waals surface area contributed by atoms with Crippen LogP contribution in [0.4, 0.5) is 0 Å². The number of likely N-dealkylation sites (tertiary alicyclic amines) is 1. The van der Waals surface area contributed by atoms with Crippen molar-refractivity contribution in [1.82, 2.24) is 4.90 Å². The zero-order valence-corrected chi connectivity index (χ0v) is 9.24. The molecule has 2 saturated heterocycles. The van der Waals surface area contributed by atoms with Gasteiger partial charge in [0.25, 0.3) is 5.91 Å². The highest BCUT2D eigenvalue weighted by atomic mass is 16.6. The van der Waals surface area contributed by atoms with E-state index in [1.807, 2.05) is 0 Å². The number of carbonyl (C=O) groups is 2. The van der Waals surface area contributed by atoms with Crippen molar-refractivity contribution in [3.63, 3.8) is 0 Å². The first-order valence-corrected chi connectivity index (χ1v) is 5.50. The monoisotopic (exact) mass is 245 g/mol. The summed E-state index contributed by atoms with van der Waals surface area (Å²) >= 11 is 0. The van der Waals surface area contributed by atoms with E-state index in [0.717, 1.165) is 4.90 Å². The second-order valence-electron chi connectivity index (χ2n) is 4.17. The van der Waals surface area contributed by atoms with Gasteiger partial charge in [-0.15, -0.1) is 0 Å². The number of amides is 1. The Bertz CT molecular complexity index is 314. The summed E-state index contributed by atoms with van der Waals surface area (Å²) in [5.74, 6) is -1.53. The van der Waals surface area contributed by atoms with Crippen LogP contribution in [0.25, 0.3) is 0 Å². The van der Waals surface area contributed by atoms with E-state index < -0.39 is 30.1 Å². The van der Waals surface area contributed by atoms with E-state index >= 15 is 0 Å². The minimum atomic E-state index is -1.10. The Kier molecular flexibility index (Phi) is 3.60. The average Bonchev–Trinajstić information content (AvgIpc) is 2.72. The van der Waals surface area contributed by atoms with Gasteiger partial charge < -0.3 is 24.6 Å².